The van der Waals surface area contributed by atoms with Crippen molar-refractivity contribution in [2.24, 2.45) is 0 Å². The Hall–Kier alpha value is -2.57. The number of carbonyl (C=O) groups is 1. The Morgan fingerprint density at radius 2 is 2.12 bits per heavy atom. The molecular weight excluding hydrogens is 225 g/mol. The Morgan fingerprint density at radius 1 is 1.24 bits per heavy atom. The number of nitrogens with zero attached hydrogens (tertiary/aromatic N) is 3. The van der Waals surface area contributed by atoms with Crippen LogP contribution in [-0.4, -0.2) is 20.9 Å². The van der Waals surface area contributed by atoms with Crippen LogP contribution < -0.4 is 10.9 Å². The molecule has 1 amide bonds. The lowest BCUT2D eigenvalue weighted by Crippen LogP contribution is -2.30. The van der Waals surface area contributed by atoms with Gasteiger partial charge in [0.2, 0.25) is 5.95 Å². The van der Waals surface area contributed by atoms with E-state index in [1.165, 1.54) is 36.9 Å². The molecule has 0 aliphatic rings. The number of nitrogens with one attached hydrogen (secondary N) is 2. The number of hydrazine groups is 1. The number of halogens is 1. The molecule has 0 bridgehead atoms. The highest BCUT2D eigenvalue weighted by Crippen LogP contribution is 2.03. The number of aromatic nitrogens is 3. The molecule has 0 atom stereocenters. The van der Waals surface area contributed by atoms with Gasteiger partial charge in [0, 0.05) is 6.20 Å². The topological polar surface area (TPSA) is 79.8 Å². The minimum Gasteiger partial charge on any atom is -0.297 e. The number of hydrogen-bond donors (Lipinski definition) is 2. The molecule has 0 saturated heterocycles. The van der Waals surface area contributed by atoms with Crippen LogP contribution in [0.2, 0.25) is 0 Å². The quantitative estimate of drug-likeness (QED) is 0.604. The molecule has 0 spiro atoms. The Balaban J connectivity index is 1.95. The molecule has 0 aromatic carbocycles. The summed E-state index contributed by atoms with van der Waals surface area (Å²) in [5, 5.41) is 0. The van der Waals surface area contributed by atoms with E-state index in [1.807, 2.05) is 0 Å². The van der Waals surface area contributed by atoms with E-state index in [0.29, 0.717) is 5.69 Å². The van der Waals surface area contributed by atoms with E-state index >= 15 is 0 Å². The largest absolute Gasteiger partial charge is 0.297 e. The van der Waals surface area contributed by atoms with E-state index in [1.54, 1.807) is 0 Å². The van der Waals surface area contributed by atoms with E-state index in [4.69, 9.17) is 0 Å². The van der Waals surface area contributed by atoms with Crippen molar-refractivity contribution in [2.45, 2.75) is 0 Å². The summed E-state index contributed by atoms with van der Waals surface area (Å²) in [6, 6.07) is 4.10. The van der Waals surface area contributed by atoms with Gasteiger partial charge in [-0.15, -0.1) is 0 Å². The summed E-state index contributed by atoms with van der Waals surface area (Å²) in [6.07, 6.45) is 3.99. The first-order chi connectivity index (χ1) is 8.25. The Bertz CT molecular complexity index is 502. The lowest BCUT2D eigenvalue weighted by atomic mass is 10.4. The summed E-state index contributed by atoms with van der Waals surface area (Å²) in [6.45, 7) is 0. The third-order valence-electron chi connectivity index (χ3n) is 1.86. The lowest BCUT2D eigenvalue weighted by molar-refractivity contribution is 0.0957. The van der Waals surface area contributed by atoms with Gasteiger partial charge < -0.3 is 0 Å². The SMILES string of the molecule is O=C(NNc1ccc(F)nc1)c1ccncn1. The Kier molecular flexibility index (Phi) is 3.20. The zero-order valence-electron chi connectivity index (χ0n) is 8.59. The highest BCUT2D eigenvalue weighted by molar-refractivity contribution is 5.92. The van der Waals surface area contributed by atoms with Gasteiger partial charge in [-0.3, -0.25) is 15.6 Å². The number of amides is 1. The predicted molar refractivity (Wildman–Crippen MR) is 57.3 cm³/mol. The van der Waals surface area contributed by atoms with Crippen LogP contribution in [0.5, 0.6) is 0 Å². The van der Waals surface area contributed by atoms with Crippen LogP contribution in [-0.2, 0) is 0 Å². The molecule has 2 rings (SSSR count). The van der Waals surface area contributed by atoms with Gasteiger partial charge >= 0.3 is 0 Å². The van der Waals surface area contributed by atoms with Gasteiger partial charge in [-0.25, -0.2) is 15.0 Å². The maximum Gasteiger partial charge on any atom is 0.288 e. The summed E-state index contributed by atoms with van der Waals surface area (Å²) < 4.78 is 12.5. The van der Waals surface area contributed by atoms with Crippen LogP contribution in [0.15, 0.2) is 36.9 Å². The maximum absolute atomic E-state index is 12.5. The van der Waals surface area contributed by atoms with Crippen LogP contribution >= 0.6 is 0 Å². The molecule has 6 nitrogen and oxygen atoms in total. The average Bonchev–Trinajstić information content (AvgIpc) is 2.39. The lowest BCUT2D eigenvalue weighted by Gasteiger charge is -2.06. The first-order valence-electron chi connectivity index (χ1n) is 4.69. The molecular formula is C10H8FN5O. The molecule has 17 heavy (non-hydrogen) atoms. The van der Waals surface area contributed by atoms with Gasteiger partial charge in [0.1, 0.15) is 12.0 Å². The number of hydrogen-bond acceptors (Lipinski definition) is 5. The third kappa shape index (κ3) is 2.94. The molecule has 0 unspecified atom stereocenters. The second-order valence-corrected chi connectivity index (χ2v) is 3.04. The maximum atomic E-state index is 12.5. The molecule has 2 aromatic heterocycles. The normalized spacial score (nSPS) is 9.71. The minimum absolute atomic E-state index is 0.225. The van der Waals surface area contributed by atoms with Crippen molar-refractivity contribution >= 4 is 11.6 Å². The zero-order valence-corrected chi connectivity index (χ0v) is 8.59. The van der Waals surface area contributed by atoms with Crippen LogP contribution in [0.25, 0.3) is 0 Å². The van der Waals surface area contributed by atoms with Crippen LogP contribution in [0, 0.1) is 5.95 Å². The number of rotatable bonds is 3. The fourth-order valence-corrected chi connectivity index (χ4v) is 1.07. The molecule has 0 aliphatic carbocycles. The van der Waals surface area contributed by atoms with Crippen molar-refractivity contribution in [1.29, 1.82) is 0 Å². The van der Waals surface area contributed by atoms with Gasteiger partial charge in [-0.05, 0) is 18.2 Å². The Morgan fingerprint density at radius 3 is 2.76 bits per heavy atom. The van der Waals surface area contributed by atoms with Crippen molar-refractivity contribution in [3.63, 3.8) is 0 Å². The molecule has 7 heteroatoms. The first-order valence-corrected chi connectivity index (χ1v) is 4.69. The summed E-state index contributed by atoms with van der Waals surface area (Å²) in [4.78, 5) is 22.4. The summed E-state index contributed by atoms with van der Waals surface area (Å²) in [5.74, 6) is -1.01. The molecule has 2 N–H and O–H groups in total. The molecule has 0 radical (unpaired) electrons. The first kappa shape index (κ1) is 10.9. The standard InChI is InChI=1S/C10H8FN5O/c11-9-2-1-7(5-13-9)15-16-10(17)8-3-4-12-6-14-8/h1-6,15H,(H,16,17). The molecule has 2 heterocycles. The zero-order chi connectivity index (χ0) is 12.1. The molecule has 0 fully saturated rings. The molecule has 0 aliphatic heterocycles. The van der Waals surface area contributed by atoms with E-state index in [2.05, 4.69) is 25.8 Å². The number of carbonyl (C=O) groups excluding carboxylic acids is 1. The van der Waals surface area contributed by atoms with Crippen LogP contribution in [0.3, 0.4) is 0 Å². The highest BCUT2D eigenvalue weighted by atomic mass is 19.1. The minimum atomic E-state index is -0.585. The fraction of sp³-hybridized carbons (Fsp3) is 0. The van der Waals surface area contributed by atoms with Gasteiger partial charge in [-0.1, -0.05) is 0 Å². The second-order valence-electron chi connectivity index (χ2n) is 3.04. The van der Waals surface area contributed by atoms with Gasteiger partial charge in [0.05, 0.1) is 11.9 Å². The van der Waals surface area contributed by atoms with E-state index in [-0.39, 0.29) is 5.69 Å². The van der Waals surface area contributed by atoms with Crippen molar-refractivity contribution in [3.8, 4) is 0 Å². The van der Waals surface area contributed by atoms with Gasteiger partial charge in [0.15, 0.2) is 0 Å². The van der Waals surface area contributed by atoms with Crippen molar-refractivity contribution in [2.75, 3.05) is 5.43 Å². The third-order valence-corrected chi connectivity index (χ3v) is 1.86. The Labute approximate surface area is 95.9 Å². The van der Waals surface area contributed by atoms with Crippen molar-refractivity contribution in [3.05, 3.63) is 48.6 Å². The van der Waals surface area contributed by atoms with E-state index in [0.717, 1.165) is 0 Å². The predicted octanol–water partition coefficient (Wildman–Crippen LogP) is 0.768. The smallest absolute Gasteiger partial charge is 0.288 e. The van der Waals surface area contributed by atoms with Gasteiger partial charge in [0.25, 0.3) is 5.91 Å². The molecule has 86 valence electrons. The summed E-state index contributed by atoms with van der Waals surface area (Å²) in [5.41, 5.74) is 5.67. The fourth-order valence-electron chi connectivity index (χ4n) is 1.07. The van der Waals surface area contributed by atoms with Crippen molar-refractivity contribution in [1.82, 2.24) is 20.4 Å². The monoisotopic (exact) mass is 233 g/mol. The second kappa shape index (κ2) is 4.97. The average molecular weight is 233 g/mol. The van der Waals surface area contributed by atoms with E-state index < -0.39 is 11.9 Å². The summed E-state index contributed by atoms with van der Waals surface area (Å²) in [7, 11) is 0. The van der Waals surface area contributed by atoms with Crippen molar-refractivity contribution < 1.29 is 9.18 Å². The number of pyridine rings is 1. The molecule has 2 aromatic rings. The van der Waals surface area contributed by atoms with Gasteiger partial charge in [-0.2, -0.15) is 4.39 Å². The van der Waals surface area contributed by atoms with E-state index in [9.17, 15) is 9.18 Å². The summed E-state index contributed by atoms with van der Waals surface area (Å²) >= 11 is 0. The highest BCUT2D eigenvalue weighted by Gasteiger charge is 2.05. The molecule has 0 saturated carbocycles. The van der Waals surface area contributed by atoms with Crippen LogP contribution in [0.4, 0.5) is 10.1 Å². The van der Waals surface area contributed by atoms with Crippen LogP contribution in [0.1, 0.15) is 10.5 Å². The number of anilines is 1.